The summed E-state index contributed by atoms with van der Waals surface area (Å²) in [4.78, 5) is 35.7. The van der Waals surface area contributed by atoms with Crippen molar-refractivity contribution in [3.8, 4) is 0 Å². The zero-order valence-electron chi connectivity index (χ0n) is 45.9. The standard InChI is InChI=1S/C58H114NO8P/c1-6-8-10-12-14-16-18-20-22-24-25-26-27-28-29-30-31-32-33-35-37-39-41-43-45-47-49-51-58(61)67-56(55-66-68(62,63)65-53-52-59(3,4)5)54-64-57(60)50-48-46-44-42-40-38-36-34-23-21-19-17-15-13-11-9-7-2/h24-25,56H,6-23,26-55H2,1-5H3/p+1/b25-24-. The van der Waals surface area contributed by atoms with E-state index in [9.17, 15) is 19.0 Å². The molecule has 0 fully saturated rings. The van der Waals surface area contributed by atoms with Crippen molar-refractivity contribution in [1.29, 1.82) is 0 Å². The number of phosphoric acid groups is 1. The predicted molar refractivity (Wildman–Crippen MR) is 289 cm³/mol. The zero-order chi connectivity index (χ0) is 49.9. The highest BCUT2D eigenvalue weighted by Crippen LogP contribution is 2.43. The van der Waals surface area contributed by atoms with Gasteiger partial charge in [0.1, 0.15) is 19.8 Å². The van der Waals surface area contributed by atoms with E-state index < -0.39 is 26.5 Å². The smallest absolute Gasteiger partial charge is 0.462 e. The van der Waals surface area contributed by atoms with E-state index in [0.29, 0.717) is 23.9 Å². The molecule has 9 nitrogen and oxygen atoms in total. The third-order valence-corrected chi connectivity index (χ3v) is 14.3. The summed E-state index contributed by atoms with van der Waals surface area (Å²) in [7, 11) is 1.50. The minimum absolute atomic E-state index is 0.0360. The Balaban J connectivity index is 4.08. The molecule has 68 heavy (non-hydrogen) atoms. The monoisotopic (exact) mass is 985 g/mol. The van der Waals surface area contributed by atoms with E-state index in [0.717, 1.165) is 32.1 Å². The average Bonchev–Trinajstić information content (AvgIpc) is 3.30. The van der Waals surface area contributed by atoms with Crippen LogP contribution < -0.4 is 0 Å². The molecule has 2 unspecified atom stereocenters. The molecule has 0 radical (unpaired) electrons. The van der Waals surface area contributed by atoms with Gasteiger partial charge < -0.3 is 18.9 Å². The Labute approximate surface area is 422 Å². The minimum Gasteiger partial charge on any atom is -0.462 e. The number of ether oxygens (including phenoxy) is 2. The van der Waals surface area contributed by atoms with Crippen LogP contribution in [0.3, 0.4) is 0 Å². The molecule has 10 heteroatoms. The van der Waals surface area contributed by atoms with Gasteiger partial charge in [0.15, 0.2) is 6.10 Å². The maximum atomic E-state index is 12.8. The molecule has 0 bridgehead atoms. The van der Waals surface area contributed by atoms with Gasteiger partial charge in [-0.3, -0.25) is 18.6 Å². The lowest BCUT2D eigenvalue weighted by molar-refractivity contribution is -0.870. The van der Waals surface area contributed by atoms with Crippen LogP contribution in [0.4, 0.5) is 0 Å². The number of hydrogen-bond donors (Lipinski definition) is 1. The van der Waals surface area contributed by atoms with Gasteiger partial charge in [0.25, 0.3) is 0 Å². The van der Waals surface area contributed by atoms with Crippen LogP contribution >= 0.6 is 7.82 Å². The Hall–Kier alpha value is -1.25. The highest BCUT2D eigenvalue weighted by atomic mass is 31.2. The normalized spacial score (nSPS) is 13.3. The van der Waals surface area contributed by atoms with Gasteiger partial charge in [0, 0.05) is 12.8 Å². The Bertz CT molecular complexity index is 1160. The molecule has 0 heterocycles. The van der Waals surface area contributed by atoms with Gasteiger partial charge in [0.2, 0.25) is 0 Å². The summed E-state index contributed by atoms with van der Waals surface area (Å²) >= 11 is 0. The first-order valence-electron chi connectivity index (χ1n) is 29.4. The molecular formula is C58H115NO8P+. The number of nitrogens with zero attached hydrogens (tertiary/aromatic N) is 1. The van der Waals surface area contributed by atoms with E-state index in [1.54, 1.807) is 0 Å². The molecule has 0 aliphatic carbocycles. The molecule has 0 amide bonds. The predicted octanol–water partition coefficient (Wildman–Crippen LogP) is 18.0. The fourth-order valence-electron chi connectivity index (χ4n) is 8.72. The third kappa shape index (κ3) is 54.1. The van der Waals surface area contributed by atoms with Crippen LogP contribution in [0.2, 0.25) is 0 Å². The van der Waals surface area contributed by atoms with Gasteiger partial charge in [-0.05, 0) is 38.5 Å². The van der Waals surface area contributed by atoms with Crippen molar-refractivity contribution in [1.82, 2.24) is 0 Å². The van der Waals surface area contributed by atoms with Crippen molar-refractivity contribution in [3.05, 3.63) is 12.2 Å². The molecule has 0 aromatic heterocycles. The van der Waals surface area contributed by atoms with Crippen molar-refractivity contribution in [2.45, 2.75) is 302 Å². The topological polar surface area (TPSA) is 108 Å². The molecule has 0 aromatic carbocycles. The number of carbonyl (C=O) groups excluding carboxylic acids is 2. The highest BCUT2D eigenvalue weighted by Gasteiger charge is 2.27. The molecule has 0 aliphatic heterocycles. The highest BCUT2D eigenvalue weighted by molar-refractivity contribution is 7.47. The SMILES string of the molecule is CCCCCCCCCC/C=C\CCCCCCCCCCCCCCCCCC(=O)OC(COC(=O)CCCCCCCCCCCCCCCCCCC)COP(=O)(O)OCC[N+](C)(C)C. The van der Waals surface area contributed by atoms with E-state index in [2.05, 4.69) is 26.0 Å². The second-order valence-corrected chi connectivity index (χ2v) is 22.8. The number of allylic oxidation sites excluding steroid dienone is 2. The van der Waals surface area contributed by atoms with E-state index in [-0.39, 0.29) is 25.6 Å². The number of phosphoric ester groups is 1. The minimum atomic E-state index is -4.38. The molecule has 1 N–H and O–H groups in total. The summed E-state index contributed by atoms with van der Waals surface area (Å²) in [5.41, 5.74) is 0. The number of rotatable bonds is 55. The summed E-state index contributed by atoms with van der Waals surface area (Å²) in [5, 5.41) is 0. The second kappa shape index (κ2) is 50.7. The Morgan fingerprint density at radius 2 is 0.750 bits per heavy atom. The maximum Gasteiger partial charge on any atom is 0.472 e. The summed E-state index contributed by atoms with van der Waals surface area (Å²) < 4.78 is 34.6. The molecule has 0 saturated heterocycles. The molecule has 0 rings (SSSR count). The van der Waals surface area contributed by atoms with E-state index >= 15 is 0 Å². The van der Waals surface area contributed by atoms with Crippen LogP contribution in [-0.4, -0.2) is 74.9 Å². The number of hydrogen-bond acceptors (Lipinski definition) is 7. The van der Waals surface area contributed by atoms with Crippen molar-refractivity contribution in [2.24, 2.45) is 0 Å². The lowest BCUT2D eigenvalue weighted by Gasteiger charge is -2.24. The van der Waals surface area contributed by atoms with Crippen LogP contribution in [0.1, 0.15) is 296 Å². The number of quaternary nitrogens is 1. The quantitative estimate of drug-likeness (QED) is 0.0211. The van der Waals surface area contributed by atoms with Crippen LogP contribution in [0.15, 0.2) is 12.2 Å². The zero-order valence-corrected chi connectivity index (χ0v) is 46.8. The molecule has 0 saturated carbocycles. The van der Waals surface area contributed by atoms with Crippen molar-refractivity contribution < 1.29 is 42.1 Å². The maximum absolute atomic E-state index is 12.8. The van der Waals surface area contributed by atoms with Gasteiger partial charge in [-0.25, -0.2) is 4.57 Å². The molecule has 0 spiro atoms. The van der Waals surface area contributed by atoms with Crippen molar-refractivity contribution >= 4 is 19.8 Å². The second-order valence-electron chi connectivity index (χ2n) is 21.4. The molecule has 0 aliphatic rings. The molecule has 2 atom stereocenters. The van der Waals surface area contributed by atoms with Crippen LogP contribution in [-0.2, 0) is 32.7 Å². The number of esters is 2. The first-order chi connectivity index (χ1) is 33.0. The van der Waals surface area contributed by atoms with Gasteiger partial charge >= 0.3 is 19.8 Å². The fourth-order valence-corrected chi connectivity index (χ4v) is 9.46. The van der Waals surface area contributed by atoms with Gasteiger partial charge in [-0.15, -0.1) is 0 Å². The van der Waals surface area contributed by atoms with Crippen molar-refractivity contribution in [2.75, 3.05) is 47.5 Å². The first kappa shape index (κ1) is 66.8. The van der Waals surface area contributed by atoms with Crippen LogP contribution in [0.25, 0.3) is 0 Å². The van der Waals surface area contributed by atoms with Gasteiger partial charge in [0.05, 0.1) is 27.7 Å². The number of carbonyl (C=O) groups is 2. The Morgan fingerprint density at radius 3 is 1.09 bits per heavy atom. The summed E-state index contributed by atoms with van der Waals surface area (Å²) in [6.45, 7) is 4.49. The van der Waals surface area contributed by atoms with Crippen LogP contribution in [0.5, 0.6) is 0 Å². The Morgan fingerprint density at radius 1 is 0.441 bits per heavy atom. The van der Waals surface area contributed by atoms with Gasteiger partial charge in [-0.1, -0.05) is 257 Å². The first-order valence-corrected chi connectivity index (χ1v) is 30.9. The molecular weight excluding hydrogens is 870 g/mol. The molecule has 0 aromatic rings. The fraction of sp³-hybridized carbons (Fsp3) is 0.931. The lowest BCUT2D eigenvalue weighted by Crippen LogP contribution is -2.37. The average molecular weight is 986 g/mol. The lowest BCUT2D eigenvalue weighted by atomic mass is 10.0. The third-order valence-electron chi connectivity index (χ3n) is 13.3. The molecule has 404 valence electrons. The van der Waals surface area contributed by atoms with E-state index in [1.807, 2.05) is 21.1 Å². The number of unbranched alkanes of at least 4 members (excludes halogenated alkanes) is 39. The largest absolute Gasteiger partial charge is 0.472 e. The van der Waals surface area contributed by atoms with E-state index in [4.69, 9.17) is 18.5 Å². The number of likely N-dealkylation sites (N-methyl/N-ethyl adjacent to an activating group) is 1. The van der Waals surface area contributed by atoms with E-state index in [1.165, 1.54) is 231 Å². The summed E-state index contributed by atoms with van der Waals surface area (Å²) in [6.07, 6.45) is 58.5. The summed E-state index contributed by atoms with van der Waals surface area (Å²) in [6, 6.07) is 0. The van der Waals surface area contributed by atoms with Crippen molar-refractivity contribution in [3.63, 3.8) is 0 Å². The van der Waals surface area contributed by atoms with Gasteiger partial charge in [-0.2, -0.15) is 0 Å². The Kier molecular flexibility index (Phi) is 49.8. The summed E-state index contributed by atoms with van der Waals surface area (Å²) in [5.74, 6) is -0.777. The van der Waals surface area contributed by atoms with Crippen LogP contribution in [0, 0.1) is 0 Å².